The first-order valence-corrected chi connectivity index (χ1v) is 6.55. The Bertz CT molecular complexity index is 63.9. The monoisotopic (exact) mass is 164 g/mol. The normalized spacial score (nSPS) is 11.2. The summed E-state index contributed by atoms with van der Waals surface area (Å²) in [6.45, 7) is 2.25. The van der Waals surface area contributed by atoms with Gasteiger partial charge in [-0.25, -0.2) is 0 Å². The summed E-state index contributed by atoms with van der Waals surface area (Å²) < 4.78 is 0. The van der Waals surface area contributed by atoms with Gasteiger partial charge in [0, 0.05) is 0 Å². The largest absolute Gasteiger partial charge is 0.104 e. The van der Waals surface area contributed by atoms with Crippen molar-refractivity contribution in [1.82, 2.24) is 0 Å². The molecule has 1 atom stereocenters. The van der Waals surface area contributed by atoms with Crippen LogP contribution in [-0.2, 0) is 11.8 Å². The van der Waals surface area contributed by atoms with E-state index in [1.165, 1.54) is 38.3 Å². The van der Waals surface area contributed by atoms with Gasteiger partial charge in [0.05, 0.1) is 0 Å². The third-order valence-electron chi connectivity index (χ3n) is 1.43. The zero-order chi connectivity index (χ0) is 6.95. The van der Waals surface area contributed by atoms with E-state index in [9.17, 15) is 0 Å². The first-order valence-electron chi connectivity index (χ1n) is 3.85. The molecule has 0 nitrogen and oxygen atoms in total. The lowest BCUT2D eigenvalue weighted by Crippen LogP contribution is -1.76. The lowest BCUT2D eigenvalue weighted by Gasteiger charge is -1.94. The van der Waals surface area contributed by atoms with Crippen molar-refractivity contribution in [3.63, 3.8) is 0 Å². The molecule has 0 spiro atoms. The number of unbranched alkanes of at least 4 members (excludes halogenated alkanes) is 4. The van der Waals surface area contributed by atoms with Crippen molar-refractivity contribution < 1.29 is 0 Å². The summed E-state index contributed by atoms with van der Waals surface area (Å²) in [5, 5.41) is 0. The molecule has 0 saturated carbocycles. The van der Waals surface area contributed by atoms with Crippen LogP contribution in [0.15, 0.2) is 0 Å². The van der Waals surface area contributed by atoms with Gasteiger partial charge in [-0.2, -0.15) is 0 Å². The number of hydrogen-bond acceptors (Lipinski definition) is 1. The van der Waals surface area contributed by atoms with Crippen LogP contribution in [-0.4, -0.2) is 6.16 Å². The lowest BCUT2D eigenvalue weighted by atomic mass is 10.2. The van der Waals surface area contributed by atoms with E-state index in [1.807, 2.05) is 0 Å². The minimum Gasteiger partial charge on any atom is -0.104 e. The molecule has 0 bridgehead atoms. The van der Waals surface area contributed by atoms with Gasteiger partial charge in [-0.05, 0) is 12.6 Å². The Morgan fingerprint density at radius 2 is 1.78 bits per heavy atom. The average Bonchev–Trinajstić information content (AvgIpc) is 1.89. The Hall–Kier alpha value is 0.650. The molecule has 0 aromatic heterocycles. The van der Waals surface area contributed by atoms with Crippen LogP contribution in [0.3, 0.4) is 0 Å². The van der Waals surface area contributed by atoms with Crippen LogP contribution in [0.25, 0.3) is 0 Å². The Morgan fingerprint density at radius 3 is 2.33 bits per heavy atom. The summed E-state index contributed by atoms with van der Waals surface area (Å²) in [6, 6.07) is 0. The second-order valence-corrected chi connectivity index (χ2v) is 4.28. The van der Waals surface area contributed by atoms with Crippen LogP contribution in [0.2, 0.25) is 0 Å². The zero-order valence-electron chi connectivity index (χ0n) is 6.23. The minimum atomic E-state index is 0.358. The van der Waals surface area contributed by atoms with Crippen molar-refractivity contribution in [2.45, 2.75) is 39.0 Å². The van der Waals surface area contributed by atoms with E-state index in [0.29, 0.717) is 7.36 Å². The van der Waals surface area contributed by atoms with E-state index < -0.39 is 0 Å². The van der Waals surface area contributed by atoms with E-state index in [2.05, 4.69) is 6.92 Å². The van der Waals surface area contributed by atoms with Crippen molar-refractivity contribution >= 4 is 19.2 Å². The van der Waals surface area contributed by atoms with Gasteiger partial charge in [-0.15, -0.1) is 11.8 Å². The molecule has 0 fully saturated rings. The zero-order valence-corrected chi connectivity index (χ0v) is 8.20. The molecule has 9 heavy (non-hydrogen) atoms. The summed E-state index contributed by atoms with van der Waals surface area (Å²) in [6.07, 6.45) is 8.31. The highest BCUT2D eigenvalue weighted by atomic mass is 32.4. The smallest absolute Gasteiger partial charge is 0.0286 e. The molecular weight excluding hydrogens is 147 g/mol. The van der Waals surface area contributed by atoms with Gasteiger partial charge in [-0.1, -0.05) is 40.0 Å². The summed E-state index contributed by atoms with van der Waals surface area (Å²) in [5.41, 5.74) is 0. The Morgan fingerprint density at radius 1 is 1.11 bits per heavy atom. The molecule has 0 heterocycles. The van der Waals surface area contributed by atoms with Gasteiger partial charge in [0.1, 0.15) is 0 Å². The van der Waals surface area contributed by atoms with Crippen LogP contribution >= 0.6 is 7.36 Å². The topological polar surface area (TPSA) is 0 Å². The minimum absolute atomic E-state index is 0.358. The molecule has 2 heteroatoms. The van der Waals surface area contributed by atoms with E-state index in [4.69, 9.17) is 11.8 Å². The van der Waals surface area contributed by atoms with Gasteiger partial charge < -0.3 is 0 Å². The quantitative estimate of drug-likeness (QED) is 0.429. The van der Waals surface area contributed by atoms with Gasteiger partial charge >= 0.3 is 0 Å². The molecule has 0 rings (SSSR count). The van der Waals surface area contributed by atoms with Gasteiger partial charge in [-0.3, -0.25) is 0 Å². The first-order chi connectivity index (χ1) is 4.41. The molecule has 0 aliphatic rings. The lowest BCUT2D eigenvalue weighted by molar-refractivity contribution is 0.659. The molecule has 0 radical (unpaired) electrons. The SMILES string of the molecule is CCCCCCC[PH2]=S. The fraction of sp³-hybridized carbons (Fsp3) is 1.00. The summed E-state index contributed by atoms with van der Waals surface area (Å²) >= 11 is 4.91. The van der Waals surface area contributed by atoms with Crippen molar-refractivity contribution in [3.8, 4) is 0 Å². The molecule has 0 saturated heterocycles. The summed E-state index contributed by atoms with van der Waals surface area (Å²) in [7, 11) is 0.358. The van der Waals surface area contributed by atoms with E-state index >= 15 is 0 Å². The van der Waals surface area contributed by atoms with Crippen LogP contribution in [0.1, 0.15) is 39.0 Å². The maximum absolute atomic E-state index is 4.91. The van der Waals surface area contributed by atoms with E-state index in [1.54, 1.807) is 0 Å². The van der Waals surface area contributed by atoms with Crippen LogP contribution < -0.4 is 0 Å². The number of rotatable bonds is 6. The third kappa shape index (κ3) is 8.65. The predicted octanol–water partition coefficient (Wildman–Crippen LogP) is 2.83. The summed E-state index contributed by atoms with van der Waals surface area (Å²) in [4.78, 5) is 0. The van der Waals surface area contributed by atoms with Crippen LogP contribution in [0.4, 0.5) is 0 Å². The molecule has 0 aromatic rings. The van der Waals surface area contributed by atoms with Crippen molar-refractivity contribution in [2.24, 2.45) is 0 Å². The Labute approximate surface area is 64.9 Å². The first kappa shape index (κ1) is 9.65. The molecular formula is C7H17PS. The third-order valence-corrected chi connectivity index (χ3v) is 2.78. The average molecular weight is 164 g/mol. The summed E-state index contributed by atoms with van der Waals surface area (Å²) in [5.74, 6) is 0. The Balaban J connectivity index is 2.66. The fourth-order valence-corrected chi connectivity index (χ4v) is 1.79. The highest BCUT2D eigenvalue weighted by Gasteiger charge is 1.84. The molecule has 0 aliphatic heterocycles. The maximum atomic E-state index is 4.91. The second-order valence-electron chi connectivity index (χ2n) is 2.37. The second kappa shape index (κ2) is 8.65. The van der Waals surface area contributed by atoms with Crippen LogP contribution in [0.5, 0.6) is 0 Å². The van der Waals surface area contributed by atoms with Crippen molar-refractivity contribution in [3.05, 3.63) is 0 Å². The fourth-order valence-electron chi connectivity index (χ4n) is 0.831. The van der Waals surface area contributed by atoms with E-state index in [0.717, 1.165) is 0 Å². The van der Waals surface area contributed by atoms with Crippen molar-refractivity contribution in [1.29, 1.82) is 0 Å². The van der Waals surface area contributed by atoms with Gasteiger partial charge in [0.15, 0.2) is 0 Å². The molecule has 56 valence electrons. The van der Waals surface area contributed by atoms with E-state index in [-0.39, 0.29) is 0 Å². The Kier molecular flexibility index (Phi) is 9.27. The highest BCUT2D eigenvalue weighted by molar-refractivity contribution is 7.96. The molecule has 0 amide bonds. The molecule has 0 aromatic carbocycles. The maximum Gasteiger partial charge on any atom is -0.0286 e. The number of hydrogen-bond donors (Lipinski definition) is 0. The van der Waals surface area contributed by atoms with Gasteiger partial charge in [0.25, 0.3) is 0 Å². The molecule has 0 N–H and O–H groups in total. The standard InChI is InChI=1S/C7H17PS/c1-2-3-4-5-6-7-8-9/h2-8H2,1H3. The molecule has 0 aliphatic carbocycles. The molecule has 1 unspecified atom stereocenters. The van der Waals surface area contributed by atoms with Crippen LogP contribution in [0, 0.1) is 0 Å². The predicted molar refractivity (Wildman–Crippen MR) is 50.7 cm³/mol. The highest BCUT2D eigenvalue weighted by Crippen LogP contribution is 2.05. The van der Waals surface area contributed by atoms with Crippen molar-refractivity contribution in [2.75, 3.05) is 6.16 Å². The van der Waals surface area contributed by atoms with Gasteiger partial charge in [0.2, 0.25) is 0 Å².